The molecule has 2 atom stereocenters. The van der Waals surface area contributed by atoms with Crippen molar-refractivity contribution >= 4 is 18.0 Å². The Morgan fingerprint density at radius 2 is 1.95 bits per heavy atom. The minimum absolute atomic E-state index is 0.173. The highest BCUT2D eigenvalue weighted by molar-refractivity contribution is 5.82. The number of ether oxygens (including phenoxy) is 1. The third kappa shape index (κ3) is 6.61. The predicted octanol–water partition coefficient (Wildman–Crippen LogP) is -0.585. The molecule has 0 heterocycles. The summed E-state index contributed by atoms with van der Waals surface area (Å²) in [4.78, 5) is 34.5. The molecule has 8 heteroatoms. The number of aliphatic carboxylic acids is 1. The van der Waals surface area contributed by atoms with Gasteiger partial charge in [0.05, 0.1) is 13.2 Å². The van der Waals surface area contributed by atoms with Crippen LogP contribution in [0.15, 0.2) is 0 Å². The van der Waals surface area contributed by atoms with Crippen LogP contribution in [-0.2, 0) is 14.3 Å². The molecule has 0 saturated heterocycles. The van der Waals surface area contributed by atoms with E-state index in [0.29, 0.717) is 6.42 Å². The van der Waals surface area contributed by atoms with Gasteiger partial charge in [-0.15, -0.1) is 0 Å². The Bertz CT molecular complexity index is 331. The van der Waals surface area contributed by atoms with Crippen molar-refractivity contribution in [3.8, 4) is 0 Å². The normalized spacial score (nSPS) is 13.3. The molecule has 0 saturated carbocycles. The van der Waals surface area contributed by atoms with Crippen LogP contribution in [0.5, 0.6) is 0 Å². The molecule has 0 fully saturated rings. The maximum Gasteiger partial charge on any atom is 0.328 e. The Balaban J connectivity index is 4.18. The van der Waals surface area contributed by atoms with Crippen molar-refractivity contribution in [1.29, 1.82) is 0 Å². The average molecular weight is 276 g/mol. The number of carbonyl (C=O) groups excluding carboxylic acids is 2. The lowest BCUT2D eigenvalue weighted by atomic mass is 10.2. The van der Waals surface area contributed by atoms with E-state index in [1.165, 1.54) is 26.0 Å². The number of methoxy groups -OCH3 is 1. The van der Waals surface area contributed by atoms with Crippen molar-refractivity contribution in [2.75, 3.05) is 20.7 Å². The molecule has 0 unspecified atom stereocenters. The van der Waals surface area contributed by atoms with Gasteiger partial charge in [-0.1, -0.05) is 0 Å². The van der Waals surface area contributed by atoms with Gasteiger partial charge in [0, 0.05) is 20.0 Å². The monoisotopic (exact) mass is 276 g/mol. The number of esters is 1. The fraction of sp³-hybridized carbons (Fsp3) is 0.727. The van der Waals surface area contributed by atoms with Crippen LogP contribution in [0, 0.1) is 0 Å². The number of aliphatic hydroxyl groups is 1. The summed E-state index contributed by atoms with van der Waals surface area (Å²) in [6.45, 7) is 1.55. The van der Waals surface area contributed by atoms with E-state index in [0.717, 1.165) is 0 Å². The van der Waals surface area contributed by atoms with Crippen LogP contribution < -0.4 is 5.32 Å². The Labute approximate surface area is 111 Å². The van der Waals surface area contributed by atoms with Crippen molar-refractivity contribution in [1.82, 2.24) is 10.2 Å². The van der Waals surface area contributed by atoms with Gasteiger partial charge in [-0.2, -0.15) is 0 Å². The van der Waals surface area contributed by atoms with Crippen molar-refractivity contribution in [2.24, 2.45) is 0 Å². The van der Waals surface area contributed by atoms with Gasteiger partial charge in [-0.3, -0.25) is 4.79 Å². The highest BCUT2D eigenvalue weighted by atomic mass is 16.5. The number of amides is 2. The van der Waals surface area contributed by atoms with Crippen LogP contribution in [0.3, 0.4) is 0 Å². The fourth-order valence-corrected chi connectivity index (χ4v) is 1.30. The Kier molecular flexibility index (Phi) is 7.50. The standard InChI is InChI=1S/C11H20N2O6/c1-7(14)9(10(16)17)12-11(18)13(2)6-4-5-8(15)19-3/h7,9,14H,4-6H2,1-3H3,(H,12,18)(H,16,17)/t7-,9+/m1/s1. The molecule has 110 valence electrons. The summed E-state index contributed by atoms with van der Waals surface area (Å²) in [5.74, 6) is -1.69. The van der Waals surface area contributed by atoms with Gasteiger partial charge in [0.1, 0.15) is 0 Å². The zero-order chi connectivity index (χ0) is 15.0. The first-order chi connectivity index (χ1) is 8.79. The third-order valence-electron chi connectivity index (χ3n) is 2.48. The topological polar surface area (TPSA) is 116 Å². The van der Waals surface area contributed by atoms with Gasteiger partial charge in [-0.25, -0.2) is 9.59 Å². The number of hydrogen-bond donors (Lipinski definition) is 3. The van der Waals surface area contributed by atoms with E-state index in [4.69, 9.17) is 5.11 Å². The number of urea groups is 1. The second kappa shape index (κ2) is 8.30. The van der Waals surface area contributed by atoms with Crippen molar-refractivity contribution in [2.45, 2.75) is 31.9 Å². The van der Waals surface area contributed by atoms with Crippen molar-refractivity contribution in [3.05, 3.63) is 0 Å². The van der Waals surface area contributed by atoms with E-state index in [1.54, 1.807) is 0 Å². The maximum absolute atomic E-state index is 11.6. The molecule has 8 nitrogen and oxygen atoms in total. The summed E-state index contributed by atoms with van der Waals surface area (Å²) in [6.07, 6.45) is -0.625. The average Bonchev–Trinajstić information content (AvgIpc) is 2.34. The summed E-state index contributed by atoms with van der Waals surface area (Å²) >= 11 is 0. The smallest absolute Gasteiger partial charge is 0.328 e. The van der Waals surface area contributed by atoms with Crippen molar-refractivity contribution < 1.29 is 29.3 Å². The van der Waals surface area contributed by atoms with Gasteiger partial charge in [-0.05, 0) is 13.3 Å². The largest absolute Gasteiger partial charge is 0.480 e. The molecule has 0 aromatic rings. The number of hydrogen-bond acceptors (Lipinski definition) is 5. The zero-order valence-corrected chi connectivity index (χ0v) is 11.3. The molecule has 0 aromatic heterocycles. The van der Waals surface area contributed by atoms with Crippen LogP contribution in [0.1, 0.15) is 19.8 Å². The molecule has 0 bridgehead atoms. The molecule has 0 rings (SSSR count). The number of carboxylic acid groups (broad SMARTS) is 1. The minimum atomic E-state index is -1.37. The molecular formula is C11H20N2O6. The first-order valence-corrected chi connectivity index (χ1v) is 5.79. The molecule has 3 N–H and O–H groups in total. The first-order valence-electron chi connectivity index (χ1n) is 5.79. The lowest BCUT2D eigenvalue weighted by molar-refractivity contribution is -0.142. The summed E-state index contributed by atoms with van der Waals surface area (Å²) in [6, 6.07) is -1.99. The third-order valence-corrected chi connectivity index (χ3v) is 2.48. The van der Waals surface area contributed by atoms with Gasteiger partial charge >= 0.3 is 18.0 Å². The number of carbonyl (C=O) groups is 3. The lowest BCUT2D eigenvalue weighted by Gasteiger charge is -2.22. The molecule has 0 spiro atoms. The summed E-state index contributed by atoms with van der Waals surface area (Å²) in [5.41, 5.74) is 0. The molecule has 0 aliphatic heterocycles. The Morgan fingerprint density at radius 3 is 2.37 bits per heavy atom. The van der Waals surface area contributed by atoms with Crippen LogP contribution in [0.4, 0.5) is 4.79 Å². The zero-order valence-electron chi connectivity index (χ0n) is 11.3. The maximum atomic E-state index is 11.6. The van der Waals surface area contributed by atoms with E-state index >= 15 is 0 Å². The first kappa shape index (κ1) is 17.2. The van der Waals surface area contributed by atoms with E-state index in [-0.39, 0.29) is 18.9 Å². The SMILES string of the molecule is COC(=O)CCCN(C)C(=O)N[C@H](C(=O)O)[C@@H](C)O. The predicted molar refractivity (Wildman–Crippen MR) is 65.5 cm³/mol. The van der Waals surface area contributed by atoms with Gasteiger partial charge in [0.25, 0.3) is 0 Å². The summed E-state index contributed by atoms with van der Waals surface area (Å²) < 4.78 is 4.45. The molecule has 0 aromatic carbocycles. The fourth-order valence-electron chi connectivity index (χ4n) is 1.30. The van der Waals surface area contributed by atoms with Gasteiger partial charge in [0.15, 0.2) is 6.04 Å². The number of nitrogens with zero attached hydrogens (tertiary/aromatic N) is 1. The lowest BCUT2D eigenvalue weighted by Crippen LogP contribution is -2.51. The number of carboxylic acids is 1. The summed E-state index contributed by atoms with van der Waals surface area (Å²) in [5, 5.41) is 20.2. The molecule has 2 amide bonds. The van der Waals surface area contributed by atoms with Crippen LogP contribution >= 0.6 is 0 Å². The van der Waals surface area contributed by atoms with Crippen LogP contribution in [0.2, 0.25) is 0 Å². The van der Waals surface area contributed by atoms with E-state index < -0.39 is 24.1 Å². The number of nitrogens with one attached hydrogen (secondary N) is 1. The Morgan fingerprint density at radius 1 is 1.37 bits per heavy atom. The quantitative estimate of drug-likeness (QED) is 0.535. The van der Waals surface area contributed by atoms with E-state index in [1.807, 2.05) is 0 Å². The minimum Gasteiger partial charge on any atom is -0.480 e. The number of aliphatic hydroxyl groups excluding tert-OH is 1. The van der Waals surface area contributed by atoms with Crippen LogP contribution in [0.25, 0.3) is 0 Å². The second-order valence-electron chi connectivity index (χ2n) is 4.11. The summed E-state index contributed by atoms with van der Waals surface area (Å²) in [7, 11) is 2.74. The van der Waals surface area contributed by atoms with E-state index in [2.05, 4.69) is 10.1 Å². The van der Waals surface area contributed by atoms with E-state index in [9.17, 15) is 19.5 Å². The molecular weight excluding hydrogens is 256 g/mol. The second-order valence-corrected chi connectivity index (χ2v) is 4.11. The van der Waals surface area contributed by atoms with Crippen LogP contribution in [-0.4, -0.2) is 65.9 Å². The number of rotatable bonds is 7. The highest BCUT2D eigenvalue weighted by Gasteiger charge is 2.26. The molecule has 0 aliphatic rings. The molecule has 0 radical (unpaired) electrons. The Hall–Kier alpha value is -1.83. The highest BCUT2D eigenvalue weighted by Crippen LogP contribution is 1.98. The molecule has 19 heavy (non-hydrogen) atoms. The van der Waals surface area contributed by atoms with Gasteiger partial charge < -0.3 is 25.2 Å². The molecule has 0 aliphatic carbocycles. The van der Waals surface area contributed by atoms with Gasteiger partial charge in [0.2, 0.25) is 0 Å². The van der Waals surface area contributed by atoms with Crippen molar-refractivity contribution in [3.63, 3.8) is 0 Å².